The molecule has 0 radical (unpaired) electrons. The maximum Gasteiger partial charge on any atom is 0.346 e. The minimum atomic E-state index is -1.41. The quantitative estimate of drug-likeness (QED) is 0.645. The topological polar surface area (TPSA) is 102 Å². The molecule has 0 saturated carbocycles. The molecule has 9 heteroatoms. The van der Waals surface area contributed by atoms with E-state index in [4.69, 9.17) is 9.26 Å². The summed E-state index contributed by atoms with van der Waals surface area (Å²) in [7, 11) is 0. The second-order valence-electron chi connectivity index (χ2n) is 5.66. The van der Waals surface area contributed by atoms with Gasteiger partial charge in [-0.2, -0.15) is 0 Å². The Hall–Kier alpha value is -3.75. The van der Waals surface area contributed by atoms with Gasteiger partial charge in [-0.15, -0.1) is 0 Å². The van der Waals surface area contributed by atoms with Crippen LogP contribution in [0.4, 0.5) is 8.78 Å². The van der Waals surface area contributed by atoms with Crippen molar-refractivity contribution in [2.24, 2.45) is 0 Å². The first-order valence-corrected chi connectivity index (χ1v) is 8.09. The van der Waals surface area contributed by atoms with Crippen molar-refractivity contribution < 1.29 is 32.7 Å². The van der Waals surface area contributed by atoms with E-state index in [0.29, 0.717) is 0 Å². The number of hydrogen-bond acceptors (Lipinski definition) is 5. The van der Waals surface area contributed by atoms with Crippen molar-refractivity contribution in [1.82, 2.24) is 10.5 Å². The van der Waals surface area contributed by atoms with Crippen molar-refractivity contribution in [1.29, 1.82) is 0 Å². The van der Waals surface area contributed by atoms with E-state index < -0.39 is 29.6 Å². The first-order valence-electron chi connectivity index (χ1n) is 8.09. The van der Waals surface area contributed by atoms with Crippen molar-refractivity contribution in [3.05, 3.63) is 71.9 Å². The number of carbonyl (C=O) groups excluding carboxylic acids is 1. The van der Waals surface area contributed by atoms with Gasteiger partial charge in [0.1, 0.15) is 17.4 Å². The molecule has 3 aromatic rings. The minimum Gasteiger partial charge on any atom is -0.478 e. The maximum absolute atomic E-state index is 13.8. The third kappa shape index (κ3) is 4.50. The van der Waals surface area contributed by atoms with Gasteiger partial charge in [-0.3, -0.25) is 4.79 Å². The van der Waals surface area contributed by atoms with Crippen LogP contribution < -0.4 is 10.1 Å². The Balaban J connectivity index is 1.64. The van der Waals surface area contributed by atoms with Gasteiger partial charge in [0.05, 0.1) is 12.1 Å². The molecular formula is C19H14F2N2O5. The van der Waals surface area contributed by atoms with Crippen LogP contribution >= 0.6 is 0 Å². The lowest BCUT2D eigenvalue weighted by Gasteiger charge is -2.15. The predicted molar refractivity (Wildman–Crippen MR) is 92.7 cm³/mol. The van der Waals surface area contributed by atoms with Gasteiger partial charge in [0.2, 0.25) is 6.10 Å². The van der Waals surface area contributed by atoms with E-state index in [0.717, 1.165) is 12.1 Å². The summed E-state index contributed by atoms with van der Waals surface area (Å²) in [6, 6.07) is 11.8. The van der Waals surface area contributed by atoms with Gasteiger partial charge < -0.3 is 19.7 Å². The van der Waals surface area contributed by atoms with Crippen LogP contribution in [0.3, 0.4) is 0 Å². The summed E-state index contributed by atoms with van der Waals surface area (Å²) in [6.07, 6.45) is -1.41. The number of rotatable bonds is 7. The summed E-state index contributed by atoms with van der Waals surface area (Å²) in [4.78, 5) is 23.5. The van der Waals surface area contributed by atoms with Crippen molar-refractivity contribution in [3.8, 4) is 17.1 Å². The van der Waals surface area contributed by atoms with Crippen molar-refractivity contribution in [2.75, 3.05) is 6.54 Å². The van der Waals surface area contributed by atoms with E-state index in [1.165, 1.54) is 36.4 Å². The number of ether oxygens (including phenoxy) is 1. The highest BCUT2D eigenvalue weighted by molar-refractivity contribution is 5.93. The summed E-state index contributed by atoms with van der Waals surface area (Å²) in [5.41, 5.74) is -0.0127. The fourth-order valence-electron chi connectivity index (χ4n) is 2.30. The van der Waals surface area contributed by atoms with Crippen LogP contribution in [-0.4, -0.2) is 34.8 Å². The minimum absolute atomic E-state index is 0.0561. The molecule has 0 spiro atoms. The zero-order valence-electron chi connectivity index (χ0n) is 14.3. The van der Waals surface area contributed by atoms with Gasteiger partial charge in [0.15, 0.2) is 11.5 Å². The molecule has 1 amide bonds. The first-order chi connectivity index (χ1) is 13.4. The Morgan fingerprint density at radius 1 is 1.14 bits per heavy atom. The molecule has 28 heavy (non-hydrogen) atoms. The van der Waals surface area contributed by atoms with E-state index in [9.17, 15) is 23.5 Å². The van der Waals surface area contributed by atoms with Gasteiger partial charge in [-0.25, -0.2) is 13.6 Å². The number of aromatic nitrogens is 1. The third-order valence-corrected chi connectivity index (χ3v) is 3.70. The van der Waals surface area contributed by atoms with E-state index in [1.807, 2.05) is 0 Å². The van der Waals surface area contributed by atoms with Crippen LogP contribution in [0.1, 0.15) is 10.5 Å². The molecule has 1 unspecified atom stereocenters. The molecule has 0 aliphatic heterocycles. The largest absolute Gasteiger partial charge is 0.478 e. The van der Waals surface area contributed by atoms with Crippen molar-refractivity contribution >= 4 is 11.9 Å². The van der Waals surface area contributed by atoms with Crippen LogP contribution in [0.5, 0.6) is 5.75 Å². The zero-order chi connectivity index (χ0) is 20.1. The van der Waals surface area contributed by atoms with Crippen LogP contribution in [0.25, 0.3) is 11.3 Å². The van der Waals surface area contributed by atoms with Crippen molar-refractivity contribution in [2.45, 2.75) is 6.10 Å². The lowest BCUT2D eigenvalue weighted by Crippen LogP contribution is -2.40. The zero-order valence-corrected chi connectivity index (χ0v) is 14.3. The average molecular weight is 388 g/mol. The fourth-order valence-corrected chi connectivity index (χ4v) is 2.30. The van der Waals surface area contributed by atoms with Crippen molar-refractivity contribution in [3.63, 3.8) is 0 Å². The number of nitrogens with zero attached hydrogens (tertiary/aromatic N) is 1. The standard InChI is InChI=1S/C19H14F2N2O5/c20-11-5-7-12(8-6-11)27-17(19(25)26)10-22-18(24)15-9-16(28-23-15)13-3-1-2-4-14(13)21/h1-9,17H,10H2,(H,22,24)(H,25,26). The monoisotopic (exact) mass is 388 g/mol. The van der Waals surface area contributed by atoms with Gasteiger partial charge in [0, 0.05) is 6.07 Å². The number of hydrogen-bond donors (Lipinski definition) is 2. The second kappa shape index (κ2) is 8.30. The van der Waals surface area contributed by atoms with E-state index in [2.05, 4.69) is 10.5 Å². The molecule has 3 rings (SSSR count). The number of carboxylic acids is 1. The molecule has 1 aromatic heterocycles. The summed E-state index contributed by atoms with van der Waals surface area (Å²) in [6.45, 7) is -0.382. The highest BCUT2D eigenvalue weighted by Crippen LogP contribution is 2.23. The van der Waals surface area contributed by atoms with Gasteiger partial charge in [-0.1, -0.05) is 17.3 Å². The number of carbonyl (C=O) groups is 2. The summed E-state index contributed by atoms with van der Waals surface area (Å²) in [5.74, 6) is -2.89. The Labute approximate surface area is 157 Å². The number of halogens is 2. The number of aliphatic carboxylic acids is 1. The number of amides is 1. The Kier molecular flexibility index (Phi) is 5.64. The van der Waals surface area contributed by atoms with Crippen LogP contribution in [0.2, 0.25) is 0 Å². The SMILES string of the molecule is O=C(NCC(Oc1ccc(F)cc1)C(=O)O)c1cc(-c2ccccc2F)on1. The molecule has 0 aliphatic carbocycles. The Morgan fingerprint density at radius 3 is 2.54 bits per heavy atom. The molecule has 0 fully saturated rings. The average Bonchev–Trinajstić information content (AvgIpc) is 3.16. The molecule has 144 valence electrons. The Bertz CT molecular complexity index is 988. The highest BCUT2D eigenvalue weighted by atomic mass is 19.1. The van der Waals surface area contributed by atoms with E-state index in [-0.39, 0.29) is 29.3 Å². The van der Waals surface area contributed by atoms with Crippen LogP contribution in [0, 0.1) is 11.6 Å². The smallest absolute Gasteiger partial charge is 0.346 e. The highest BCUT2D eigenvalue weighted by Gasteiger charge is 2.22. The molecule has 7 nitrogen and oxygen atoms in total. The Morgan fingerprint density at radius 2 is 1.86 bits per heavy atom. The molecule has 0 saturated heterocycles. The maximum atomic E-state index is 13.8. The first kappa shape index (κ1) is 19.0. The summed E-state index contributed by atoms with van der Waals surface area (Å²) < 4.78 is 36.9. The van der Waals surface area contributed by atoms with Crippen LogP contribution in [0.15, 0.2) is 59.1 Å². The third-order valence-electron chi connectivity index (χ3n) is 3.70. The summed E-state index contributed by atoms with van der Waals surface area (Å²) >= 11 is 0. The second-order valence-corrected chi connectivity index (χ2v) is 5.66. The predicted octanol–water partition coefficient (Wildman–Crippen LogP) is 2.88. The fraction of sp³-hybridized carbons (Fsp3) is 0.105. The van der Waals surface area contributed by atoms with Crippen LogP contribution in [-0.2, 0) is 4.79 Å². The van der Waals surface area contributed by atoms with Gasteiger partial charge >= 0.3 is 5.97 Å². The molecule has 1 heterocycles. The molecule has 0 bridgehead atoms. The molecule has 2 aromatic carbocycles. The summed E-state index contributed by atoms with van der Waals surface area (Å²) in [5, 5.41) is 15.2. The lowest BCUT2D eigenvalue weighted by atomic mass is 10.1. The van der Waals surface area contributed by atoms with Gasteiger partial charge in [-0.05, 0) is 36.4 Å². The van der Waals surface area contributed by atoms with E-state index >= 15 is 0 Å². The van der Waals surface area contributed by atoms with E-state index in [1.54, 1.807) is 6.07 Å². The normalized spacial score (nSPS) is 11.6. The number of carboxylic acid groups (broad SMARTS) is 1. The molecular weight excluding hydrogens is 374 g/mol. The molecule has 2 N–H and O–H groups in total. The lowest BCUT2D eigenvalue weighted by molar-refractivity contribution is -0.144. The molecule has 0 aliphatic rings. The molecule has 1 atom stereocenters. The number of benzene rings is 2. The van der Waals surface area contributed by atoms with Gasteiger partial charge in [0.25, 0.3) is 5.91 Å². The number of nitrogens with one attached hydrogen (secondary N) is 1.